The Kier molecular flexibility index (Phi) is 7.63. The van der Waals surface area contributed by atoms with Crippen molar-refractivity contribution in [1.29, 1.82) is 5.26 Å². The van der Waals surface area contributed by atoms with Gasteiger partial charge in [0.05, 0.1) is 34.9 Å². The number of amidine groups is 1. The van der Waals surface area contributed by atoms with Crippen molar-refractivity contribution in [2.75, 3.05) is 7.05 Å². The van der Waals surface area contributed by atoms with Crippen LogP contribution in [0.15, 0.2) is 74.0 Å². The number of halogens is 1. The molecule has 178 valence electrons. The van der Waals surface area contributed by atoms with Gasteiger partial charge in [-0.15, -0.1) is 4.40 Å². The van der Waals surface area contributed by atoms with Gasteiger partial charge in [0.2, 0.25) is 0 Å². The van der Waals surface area contributed by atoms with Crippen molar-refractivity contribution in [3.8, 4) is 28.7 Å². The number of nitrogens with one attached hydrogen (secondary N) is 1. The number of hydrogen-bond acceptors (Lipinski definition) is 9. The lowest BCUT2D eigenvalue weighted by Gasteiger charge is -2.13. The average Bonchev–Trinajstić information content (AvgIpc) is 3.57. The SMILES string of the molecule is CN=CC(=CN)c1cc(-c2ccoc2)c(Oc2ccc(S(=O)(=O)N=C3NI=CS3)cc2C#N)cn1. The number of furan rings is 1. The predicted octanol–water partition coefficient (Wildman–Crippen LogP) is 4.03. The Morgan fingerprint density at radius 1 is 1.34 bits per heavy atom. The van der Waals surface area contributed by atoms with E-state index in [1.54, 1.807) is 31.7 Å². The van der Waals surface area contributed by atoms with Crippen LogP contribution in [0.2, 0.25) is 0 Å². The zero-order chi connectivity index (χ0) is 24.8. The monoisotopic (exact) mass is 620 g/mol. The number of nitriles is 1. The fraction of sp³-hybridized carbons (Fsp3) is 0.0455. The second-order valence-electron chi connectivity index (χ2n) is 6.74. The standard InChI is InChI=1S/C22H17IN6O4S2/c1-26-10-16(9-25)19-7-18(14-4-5-32-12-14)21(11-27-19)33-20-3-2-17(6-15(20)8-24)35(30,31)29-22-28-23-13-34-22/h2-7,9-13H,25H2,1H3,(H,28,29). The second kappa shape index (κ2) is 10.8. The molecule has 4 rings (SSSR count). The van der Waals surface area contributed by atoms with E-state index in [0.29, 0.717) is 33.3 Å². The summed E-state index contributed by atoms with van der Waals surface area (Å²) in [6.07, 6.45) is 7.53. The maximum Gasteiger partial charge on any atom is 0.284 e. The normalized spacial score (nSPS) is 15.1. The molecule has 3 heterocycles. The molecule has 3 aromatic rings. The highest BCUT2D eigenvalue weighted by Crippen LogP contribution is 2.36. The van der Waals surface area contributed by atoms with Crippen LogP contribution in [0.1, 0.15) is 11.3 Å². The van der Waals surface area contributed by atoms with Gasteiger partial charge in [-0.3, -0.25) is 9.98 Å². The van der Waals surface area contributed by atoms with E-state index in [9.17, 15) is 13.7 Å². The Morgan fingerprint density at radius 2 is 2.20 bits per heavy atom. The highest BCUT2D eigenvalue weighted by molar-refractivity contribution is 14.2. The molecule has 13 heteroatoms. The number of aromatic nitrogens is 1. The van der Waals surface area contributed by atoms with Crippen molar-refractivity contribution in [2.24, 2.45) is 15.1 Å². The van der Waals surface area contributed by atoms with E-state index in [0.717, 1.165) is 0 Å². The second-order valence-corrected chi connectivity index (χ2v) is 11.8. The van der Waals surface area contributed by atoms with E-state index < -0.39 is 31.0 Å². The zero-order valence-electron chi connectivity index (χ0n) is 18.0. The number of ether oxygens (including phenoxy) is 1. The largest absolute Gasteiger partial charge is 0.472 e. The molecule has 1 aliphatic heterocycles. The summed E-state index contributed by atoms with van der Waals surface area (Å²) < 4.78 is 45.3. The summed E-state index contributed by atoms with van der Waals surface area (Å²) in [6, 6.07) is 9.50. The third kappa shape index (κ3) is 5.61. The maximum atomic E-state index is 12.7. The lowest BCUT2D eigenvalue weighted by atomic mass is 10.1. The average molecular weight is 620 g/mol. The minimum atomic E-state index is -3.99. The van der Waals surface area contributed by atoms with Crippen molar-refractivity contribution in [2.45, 2.75) is 4.90 Å². The van der Waals surface area contributed by atoms with E-state index >= 15 is 0 Å². The number of thioether (sulfide) groups is 1. The molecule has 0 amide bonds. The maximum absolute atomic E-state index is 12.7. The molecule has 0 aliphatic carbocycles. The summed E-state index contributed by atoms with van der Waals surface area (Å²) in [7, 11) is -2.37. The van der Waals surface area contributed by atoms with Crippen LogP contribution in [0.5, 0.6) is 11.5 Å². The molecule has 1 aliphatic rings. The van der Waals surface area contributed by atoms with Crippen LogP contribution in [0.3, 0.4) is 0 Å². The van der Waals surface area contributed by atoms with E-state index in [4.69, 9.17) is 14.9 Å². The number of allylic oxidation sites excluding steroid dienone is 1. The summed E-state index contributed by atoms with van der Waals surface area (Å²) in [6.45, 7) is 0. The van der Waals surface area contributed by atoms with Crippen LogP contribution in [0.25, 0.3) is 16.7 Å². The number of nitrogens with two attached hydrogens (primary N) is 1. The molecule has 0 bridgehead atoms. The lowest BCUT2D eigenvalue weighted by Crippen LogP contribution is -2.09. The van der Waals surface area contributed by atoms with E-state index in [1.807, 2.05) is 9.41 Å². The van der Waals surface area contributed by atoms with Gasteiger partial charge in [0, 0.05) is 60.5 Å². The summed E-state index contributed by atoms with van der Waals surface area (Å²) in [5.74, 6) is 0.494. The summed E-state index contributed by atoms with van der Waals surface area (Å²) >= 11 is 0.840. The van der Waals surface area contributed by atoms with Crippen molar-refractivity contribution >= 4 is 63.1 Å². The first-order chi connectivity index (χ1) is 16.9. The highest BCUT2D eigenvalue weighted by Gasteiger charge is 2.20. The number of rotatable bonds is 7. The summed E-state index contributed by atoms with van der Waals surface area (Å²) in [5.41, 5.74) is 8.24. The Bertz CT molecular complexity index is 1510. The zero-order valence-corrected chi connectivity index (χ0v) is 21.8. The number of nitrogens with zero attached hydrogens (tertiary/aromatic N) is 4. The summed E-state index contributed by atoms with van der Waals surface area (Å²) in [5, 5.41) is 10.0. The van der Waals surface area contributed by atoms with Crippen molar-refractivity contribution < 1.29 is 17.6 Å². The van der Waals surface area contributed by atoms with Gasteiger partial charge in [-0.1, -0.05) is 11.8 Å². The Balaban J connectivity index is 1.72. The third-order valence-corrected chi connectivity index (χ3v) is 9.27. The molecule has 1 aromatic carbocycles. The van der Waals surface area contributed by atoms with Gasteiger partial charge in [0.25, 0.3) is 10.0 Å². The van der Waals surface area contributed by atoms with Gasteiger partial charge in [-0.2, -0.15) is 13.7 Å². The molecular formula is C22H17IN6O4S2. The fourth-order valence-electron chi connectivity index (χ4n) is 2.98. The van der Waals surface area contributed by atoms with Crippen LogP contribution < -0.4 is 14.0 Å². The molecule has 0 unspecified atom stereocenters. The minimum Gasteiger partial charge on any atom is -0.472 e. The highest BCUT2D eigenvalue weighted by atomic mass is 127. The minimum absolute atomic E-state index is 0.0279. The third-order valence-electron chi connectivity index (χ3n) is 4.57. The van der Waals surface area contributed by atoms with Gasteiger partial charge in [0.1, 0.15) is 11.8 Å². The van der Waals surface area contributed by atoms with Crippen molar-refractivity contribution in [3.63, 3.8) is 0 Å². The number of benzene rings is 1. The van der Waals surface area contributed by atoms with Crippen LogP contribution in [0.4, 0.5) is 0 Å². The number of hydrogen-bond donors (Lipinski definition) is 2. The van der Waals surface area contributed by atoms with Crippen molar-refractivity contribution in [1.82, 2.24) is 8.51 Å². The first kappa shape index (κ1) is 24.6. The topological polar surface area (TPSA) is 156 Å². The van der Waals surface area contributed by atoms with Crippen LogP contribution in [-0.2, 0) is 10.0 Å². The van der Waals surface area contributed by atoms with Crippen molar-refractivity contribution in [3.05, 3.63) is 66.5 Å². The first-order valence-electron chi connectivity index (χ1n) is 9.76. The number of pyridine rings is 1. The van der Waals surface area contributed by atoms with E-state index in [-0.39, 0.29) is 16.2 Å². The molecule has 0 saturated heterocycles. The number of aliphatic imine (C=N–C) groups is 1. The molecule has 0 fully saturated rings. The van der Waals surface area contributed by atoms with E-state index in [2.05, 4.69) is 17.9 Å². The quantitative estimate of drug-likeness (QED) is 0.226. The predicted molar refractivity (Wildman–Crippen MR) is 145 cm³/mol. The molecular weight excluding hydrogens is 603 g/mol. The van der Waals surface area contributed by atoms with Gasteiger partial charge < -0.3 is 18.4 Å². The Labute approximate surface area is 215 Å². The molecule has 0 spiro atoms. The van der Waals surface area contributed by atoms with Gasteiger partial charge >= 0.3 is 0 Å². The molecule has 0 radical (unpaired) electrons. The fourth-order valence-corrected chi connectivity index (χ4v) is 7.26. The smallest absolute Gasteiger partial charge is 0.284 e. The summed E-state index contributed by atoms with van der Waals surface area (Å²) in [4.78, 5) is 8.28. The van der Waals surface area contributed by atoms with Gasteiger partial charge in [-0.25, -0.2) is 0 Å². The Morgan fingerprint density at radius 3 is 2.86 bits per heavy atom. The molecule has 35 heavy (non-hydrogen) atoms. The van der Waals surface area contributed by atoms with Gasteiger partial charge in [0.15, 0.2) is 10.9 Å². The number of sulfonamides is 1. The lowest BCUT2D eigenvalue weighted by molar-refractivity contribution is 0.479. The molecule has 0 atom stereocenters. The molecule has 10 nitrogen and oxygen atoms in total. The molecule has 0 saturated carbocycles. The molecule has 3 N–H and O–H groups in total. The first-order valence-corrected chi connectivity index (χ1v) is 14.4. The van der Waals surface area contributed by atoms with Crippen LogP contribution in [-0.4, -0.2) is 35.2 Å². The van der Waals surface area contributed by atoms with Crippen LogP contribution in [0, 0.1) is 11.3 Å². The van der Waals surface area contributed by atoms with E-state index in [1.165, 1.54) is 48.6 Å². The Hall–Kier alpha value is -3.48. The molecule has 2 aromatic heterocycles. The van der Waals surface area contributed by atoms with Gasteiger partial charge in [-0.05, 0) is 30.3 Å². The van der Waals surface area contributed by atoms with Crippen LogP contribution >= 0.6 is 32.8 Å².